The van der Waals surface area contributed by atoms with E-state index in [0.29, 0.717) is 12.2 Å². The monoisotopic (exact) mass is 256 g/mol. The Morgan fingerprint density at radius 1 is 1.38 bits per heavy atom. The van der Waals surface area contributed by atoms with Gasteiger partial charge in [-0.15, -0.1) is 12.4 Å². The fourth-order valence-corrected chi connectivity index (χ4v) is 1.02. The summed E-state index contributed by atoms with van der Waals surface area (Å²) in [5.41, 5.74) is 6.75. The molecule has 0 atom stereocenters. The molecule has 0 aromatic carbocycles. The third-order valence-electron chi connectivity index (χ3n) is 1.77. The largest absolute Gasteiger partial charge is 0.468 e. The molecular weight excluding hydrogens is 245 g/mol. The molecule has 0 saturated carbocycles. The van der Waals surface area contributed by atoms with Gasteiger partial charge in [-0.1, -0.05) is 6.07 Å². The number of ether oxygens (including phenoxy) is 1. The number of alkyl halides is 3. The molecule has 0 radical (unpaired) electrons. The Balaban J connectivity index is 0.00000225. The average molecular weight is 257 g/mol. The van der Waals surface area contributed by atoms with Crippen molar-refractivity contribution in [3.8, 4) is 5.88 Å². The standard InChI is InChI=1S/C9H11F3N2O.ClH/c1-6-7(4-13)2-3-8(14-6)15-5-9(10,11)12;/h2-3H,4-5,13H2,1H3;1H. The number of aryl methyl sites for hydroxylation is 1. The van der Waals surface area contributed by atoms with E-state index in [1.807, 2.05) is 0 Å². The fourth-order valence-electron chi connectivity index (χ4n) is 1.02. The van der Waals surface area contributed by atoms with Gasteiger partial charge in [0, 0.05) is 18.3 Å². The minimum absolute atomic E-state index is 0. The first kappa shape index (κ1) is 15.0. The molecule has 0 fully saturated rings. The van der Waals surface area contributed by atoms with Crippen LogP contribution in [0, 0.1) is 6.92 Å². The van der Waals surface area contributed by atoms with Crippen molar-refractivity contribution in [3.63, 3.8) is 0 Å². The van der Waals surface area contributed by atoms with Gasteiger partial charge in [0.15, 0.2) is 6.61 Å². The highest BCUT2D eigenvalue weighted by molar-refractivity contribution is 5.85. The minimum Gasteiger partial charge on any atom is -0.468 e. The van der Waals surface area contributed by atoms with Gasteiger partial charge in [0.25, 0.3) is 0 Å². The summed E-state index contributed by atoms with van der Waals surface area (Å²) in [5.74, 6) is -0.0398. The predicted octanol–water partition coefficient (Wildman–Crippen LogP) is 2.21. The van der Waals surface area contributed by atoms with Gasteiger partial charge in [-0.25, -0.2) is 4.98 Å². The zero-order valence-corrected chi connectivity index (χ0v) is 9.36. The minimum atomic E-state index is -4.35. The third-order valence-corrected chi connectivity index (χ3v) is 1.77. The van der Waals surface area contributed by atoms with Gasteiger partial charge in [0.1, 0.15) is 0 Å². The van der Waals surface area contributed by atoms with Crippen LogP contribution in [0.3, 0.4) is 0 Å². The summed E-state index contributed by atoms with van der Waals surface area (Å²) >= 11 is 0. The summed E-state index contributed by atoms with van der Waals surface area (Å²) in [4.78, 5) is 3.84. The first-order valence-corrected chi connectivity index (χ1v) is 4.28. The maximum Gasteiger partial charge on any atom is 0.422 e. The highest BCUT2D eigenvalue weighted by atomic mass is 35.5. The van der Waals surface area contributed by atoms with Crippen molar-refractivity contribution >= 4 is 12.4 Å². The van der Waals surface area contributed by atoms with E-state index in [9.17, 15) is 13.2 Å². The van der Waals surface area contributed by atoms with E-state index in [1.54, 1.807) is 13.0 Å². The second-order valence-corrected chi connectivity index (χ2v) is 3.00. The number of pyridine rings is 1. The van der Waals surface area contributed by atoms with Gasteiger partial charge in [0.2, 0.25) is 5.88 Å². The summed E-state index contributed by atoms with van der Waals surface area (Å²) in [5, 5.41) is 0. The number of nitrogens with two attached hydrogens (primary N) is 1. The topological polar surface area (TPSA) is 48.1 Å². The van der Waals surface area contributed by atoms with Crippen molar-refractivity contribution in [2.24, 2.45) is 5.73 Å². The second-order valence-electron chi connectivity index (χ2n) is 3.00. The first-order valence-electron chi connectivity index (χ1n) is 4.28. The van der Waals surface area contributed by atoms with Crippen LogP contribution >= 0.6 is 12.4 Å². The molecule has 0 aliphatic carbocycles. The molecule has 0 bridgehead atoms. The number of aromatic nitrogens is 1. The van der Waals surface area contributed by atoms with Gasteiger partial charge in [-0.05, 0) is 12.5 Å². The Bertz CT molecular complexity index is 344. The van der Waals surface area contributed by atoms with Crippen LogP contribution in [-0.2, 0) is 6.54 Å². The highest BCUT2D eigenvalue weighted by Crippen LogP contribution is 2.18. The highest BCUT2D eigenvalue weighted by Gasteiger charge is 2.28. The van der Waals surface area contributed by atoms with Crippen molar-refractivity contribution in [3.05, 3.63) is 23.4 Å². The summed E-state index contributed by atoms with van der Waals surface area (Å²) in [6.07, 6.45) is -4.35. The van der Waals surface area contributed by atoms with E-state index in [2.05, 4.69) is 9.72 Å². The van der Waals surface area contributed by atoms with Gasteiger partial charge >= 0.3 is 6.18 Å². The summed E-state index contributed by atoms with van der Waals surface area (Å²) in [6.45, 7) is 0.641. The number of halogens is 4. The Kier molecular flexibility index (Phi) is 5.53. The molecule has 1 aromatic rings. The number of hydrogen-bond acceptors (Lipinski definition) is 3. The molecule has 2 N–H and O–H groups in total. The molecule has 1 rings (SSSR count). The molecule has 3 nitrogen and oxygen atoms in total. The molecule has 16 heavy (non-hydrogen) atoms. The number of hydrogen-bond donors (Lipinski definition) is 1. The number of rotatable bonds is 3. The predicted molar refractivity (Wildman–Crippen MR) is 55.7 cm³/mol. The van der Waals surface area contributed by atoms with E-state index >= 15 is 0 Å². The molecule has 92 valence electrons. The lowest BCUT2D eigenvalue weighted by molar-refractivity contribution is -0.154. The molecule has 1 aromatic heterocycles. The van der Waals surface area contributed by atoms with Crippen LogP contribution in [0.4, 0.5) is 13.2 Å². The second kappa shape index (κ2) is 5.91. The lowest BCUT2D eigenvalue weighted by atomic mass is 10.2. The van der Waals surface area contributed by atoms with E-state index in [0.717, 1.165) is 5.56 Å². The number of nitrogens with zero attached hydrogens (tertiary/aromatic N) is 1. The first-order chi connectivity index (χ1) is 6.92. The van der Waals surface area contributed by atoms with Crippen LogP contribution in [0.15, 0.2) is 12.1 Å². The van der Waals surface area contributed by atoms with Gasteiger partial charge in [-0.3, -0.25) is 0 Å². The molecule has 1 heterocycles. The molecule has 0 aliphatic rings. The van der Waals surface area contributed by atoms with Gasteiger partial charge < -0.3 is 10.5 Å². The summed E-state index contributed by atoms with van der Waals surface area (Å²) < 4.78 is 39.9. The summed E-state index contributed by atoms with van der Waals surface area (Å²) in [6, 6.07) is 2.98. The molecule has 7 heteroatoms. The van der Waals surface area contributed by atoms with Crippen LogP contribution in [0.2, 0.25) is 0 Å². The maximum atomic E-state index is 11.8. The fraction of sp³-hybridized carbons (Fsp3) is 0.444. The maximum absolute atomic E-state index is 11.8. The van der Waals surface area contributed by atoms with Crippen molar-refractivity contribution in [2.45, 2.75) is 19.6 Å². The summed E-state index contributed by atoms with van der Waals surface area (Å²) in [7, 11) is 0. The van der Waals surface area contributed by atoms with Gasteiger partial charge in [-0.2, -0.15) is 13.2 Å². The quantitative estimate of drug-likeness (QED) is 0.902. The average Bonchev–Trinajstić information content (AvgIpc) is 2.14. The van der Waals surface area contributed by atoms with Gasteiger partial charge in [0.05, 0.1) is 0 Å². The molecule has 0 spiro atoms. The van der Waals surface area contributed by atoms with Crippen LogP contribution < -0.4 is 10.5 Å². The van der Waals surface area contributed by atoms with Crippen LogP contribution in [-0.4, -0.2) is 17.8 Å². The normalized spacial score (nSPS) is 10.8. The smallest absolute Gasteiger partial charge is 0.422 e. The molecule has 0 unspecified atom stereocenters. The van der Waals surface area contributed by atoms with Crippen molar-refractivity contribution in [1.29, 1.82) is 0 Å². The lowest BCUT2D eigenvalue weighted by Gasteiger charge is -2.09. The zero-order chi connectivity index (χ0) is 11.5. The SMILES string of the molecule is Cc1nc(OCC(F)(F)F)ccc1CN.Cl. The zero-order valence-electron chi connectivity index (χ0n) is 8.54. The van der Waals surface area contributed by atoms with Crippen molar-refractivity contribution < 1.29 is 17.9 Å². The van der Waals surface area contributed by atoms with Crippen LogP contribution in [0.25, 0.3) is 0 Å². The Hall–Kier alpha value is -1.01. The lowest BCUT2D eigenvalue weighted by Crippen LogP contribution is -2.19. The molecule has 0 saturated heterocycles. The molecule has 0 aliphatic heterocycles. The van der Waals surface area contributed by atoms with E-state index in [-0.39, 0.29) is 18.3 Å². The van der Waals surface area contributed by atoms with E-state index in [4.69, 9.17) is 5.73 Å². The van der Waals surface area contributed by atoms with Crippen LogP contribution in [0.1, 0.15) is 11.3 Å². The van der Waals surface area contributed by atoms with Crippen molar-refractivity contribution in [1.82, 2.24) is 4.98 Å². The third kappa shape index (κ3) is 4.67. The van der Waals surface area contributed by atoms with E-state index in [1.165, 1.54) is 6.07 Å². The molecular formula is C9H12ClF3N2O. The Labute approximate surface area is 97.2 Å². The van der Waals surface area contributed by atoms with Crippen molar-refractivity contribution in [2.75, 3.05) is 6.61 Å². The van der Waals surface area contributed by atoms with E-state index < -0.39 is 12.8 Å². The molecule has 0 amide bonds. The Morgan fingerprint density at radius 2 is 2.00 bits per heavy atom. The Morgan fingerprint density at radius 3 is 2.44 bits per heavy atom. The van der Waals surface area contributed by atoms with Crippen LogP contribution in [0.5, 0.6) is 5.88 Å².